The summed E-state index contributed by atoms with van der Waals surface area (Å²) in [5, 5.41) is 0. The van der Waals surface area contributed by atoms with E-state index in [1.54, 1.807) is 0 Å². The van der Waals surface area contributed by atoms with Crippen LogP contribution in [0.25, 0.3) is 0 Å². The molecule has 0 saturated heterocycles. The van der Waals surface area contributed by atoms with Crippen LogP contribution in [0.1, 0.15) is 18.1 Å². The highest BCUT2D eigenvalue weighted by molar-refractivity contribution is 9.10. The fraction of sp³-hybridized carbons (Fsp3) is 0.455. The van der Waals surface area contributed by atoms with Gasteiger partial charge in [-0.05, 0) is 44.0 Å². The standard InChI is InChI=1S/C11H16BrNO/c1-7-4-10(14-6-9(3)13)5-8(2)11(7)12/h4-5,9H,6,13H2,1-3H3. The molecule has 0 radical (unpaired) electrons. The Kier molecular flexibility index (Phi) is 3.96. The van der Waals surface area contributed by atoms with Gasteiger partial charge < -0.3 is 10.5 Å². The van der Waals surface area contributed by atoms with E-state index in [9.17, 15) is 0 Å². The molecule has 78 valence electrons. The van der Waals surface area contributed by atoms with E-state index in [-0.39, 0.29) is 6.04 Å². The average molecular weight is 258 g/mol. The van der Waals surface area contributed by atoms with Crippen molar-refractivity contribution >= 4 is 15.9 Å². The lowest BCUT2D eigenvalue weighted by molar-refractivity contribution is 0.296. The van der Waals surface area contributed by atoms with E-state index >= 15 is 0 Å². The Hall–Kier alpha value is -0.540. The lowest BCUT2D eigenvalue weighted by Crippen LogP contribution is -2.23. The molecule has 14 heavy (non-hydrogen) atoms. The molecule has 0 saturated carbocycles. The summed E-state index contributed by atoms with van der Waals surface area (Å²) < 4.78 is 6.68. The summed E-state index contributed by atoms with van der Waals surface area (Å²) in [6.45, 7) is 6.59. The maximum Gasteiger partial charge on any atom is 0.119 e. The van der Waals surface area contributed by atoms with Crippen LogP contribution in [0.2, 0.25) is 0 Å². The van der Waals surface area contributed by atoms with Crippen LogP contribution in [0.3, 0.4) is 0 Å². The highest BCUT2D eigenvalue weighted by Crippen LogP contribution is 2.26. The molecular formula is C11H16BrNO. The van der Waals surface area contributed by atoms with E-state index in [4.69, 9.17) is 10.5 Å². The largest absolute Gasteiger partial charge is 0.492 e. The molecule has 1 aromatic carbocycles. The van der Waals surface area contributed by atoms with Gasteiger partial charge in [-0.1, -0.05) is 15.9 Å². The van der Waals surface area contributed by atoms with Crippen LogP contribution in [-0.4, -0.2) is 12.6 Å². The first-order valence-corrected chi connectivity index (χ1v) is 5.45. The molecule has 2 N–H and O–H groups in total. The lowest BCUT2D eigenvalue weighted by Gasteiger charge is -2.11. The predicted molar refractivity (Wildman–Crippen MR) is 62.8 cm³/mol. The van der Waals surface area contributed by atoms with E-state index in [2.05, 4.69) is 29.8 Å². The minimum Gasteiger partial charge on any atom is -0.492 e. The molecule has 0 aromatic heterocycles. The van der Waals surface area contributed by atoms with Gasteiger partial charge in [-0.3, -0.25) is 0 Å². The first-order valence-electron chi connectivity index (χ1n) is 4.66. The molecule has 0 heterocycles. The number of halogens is 1. The van der Waals surface area contributed by atoms with Crippen molar-refractivity contribution in [3.05, 3.63) is 27.7 Å². The fourth-order valence-electron chi connectivity index (χ4n) is 1.22. The minimum absolute atomic E-state index is 0.0688. The molecule has 0 amide bonds. The zero-order valence-electron chi connectivity index (χ0n) is 8.80. The van der Waals surface area contributed by atoms with Crippen molar-refractivity contribution in [3.8, 4) is 5.75 Å². The van der Waals surface area contributed by atoms with Crippen molar-refractivity contribution in [1.82, 2.24) is 0 Å². The van der Waals surface area contributed by atoms with Crippen LogP contribution < -0.4 is 10.5 Å². The van der Waals surface area contributed by atoms with Gasteiger partial charge in [0.25, 0.3) is 0 Å². The number of benzene rings is 1. The van der Waals surface area contributed by atoms with Crippen LogP contribution in [-0.2, 0) is 0 Å². The molecule has 1 atom stereocenters. The zero-order chi connectivity index (χ0) is 10.7. The molecule has 3 heteroatoms. The molecule has 0 aliphatic heterocycles. The Labute approximate surface area is 93.6 Å². The van der Waals surface area contributed by atoms with Gasteiger partial charge in [-0.2, -0.15) is 0 Å². The van der Waals surface area contributed by atoms with Crippen LogP contribution in [0, 0.1) is 13.8 Å². The Morgan fingerprint density at radius 2 is 1.86 bits per heavy atom. The second-order valence-corrected chi connectivity index (χ2v) is 4.45. The third-order valence-electron chi connectivity index (χ3n) is 1.92. The van der Waals surface area contributed by atoms with Gasteiger partial charge in [0.05, 0.1) is 0 Å². The Morgan fingerprint density at radius 1 is 1.36 bits per heavy atom. The smallest absolute Gasteiger partial charge is 0.119 e. The quantitative estimate of drug-likeness (QED) is 0.904. The van der Waals surface area contributed by atoms with Crippen molar-refractivity contribution in [2.45, 2.75) is 26.8 Å². The van der Waals surface area contributed by atoms with Crippen molar-refractivity contribution in [2.24, 2.45) is 5.73 Å². The molecule has 0 spiro atoms. The van der Waals surface area contributed by atoms with Crippen LogP contribution in [0.4, 0.5) is 0 Å². The Balaban J connectivity index is 2.79. The number of rotatable bonds is 3. The van der Waals surface area contributed by atoms with Crippen LogP contribution >= 0.6 is 15.9 Å². The number of hydrogen-bond acceptors (Lipinski definition) is 2. The van der Waals surface area contributed by atoms with Gasteiger partial charge >= 0.3 is 0 Å². The van der Waals surface area contributed by atoms with Crippen molar-refractivity contribution in [3.63, 3.8) is 0 Å². The second kappa shape index (κ2) is 4.80. The summed E-state index contributed by atoms with van der Waals surface area (Å²) in [5.74, 6) is 0.889. The Bertz CT molecular complexity index is 300. The lowest BCUT2D eigenvalue weighted by atomic mass is 10.1. The molecule has 0 aliphatic rings. The molecule has 0 bridgehead atoms. The van der Waals surface area contributed by atoms with E-state index in [1.807, 2.05) is 19.1 Å². The predicted octanol–water partition coefficient (Wildman–Crippen LogP) is 2.79. The summed E-state index contributed by atoms with van der Waals surface area (Å²) in [6, 6.07) is 4.10. The average Bonchev–Trinajstić information content (AvgIpc) is 2.10. The number of hydrogen-bond donors (Lipinski definition) is 1. The highest BCUT2D eigenvalue weighted by Gasteiger charge is 2.03. The molecule has 1 rings (SSSR count). The highest BCUT2D eigenvalue weighted by atomic mass is 79.9. The van der Waals surface area contributed by atoms with Crippen molar-refractivity contribution < 1.29 is 4.74 Å². The first-order chi connectivity index (χ1) is 6.50. The van der Waals surface area contributed by atoms with Gasteiger partial charge in [-0.15, -0.1) is 0 Å². The van der Waals surface area contributed by atoms with E-state index in [0.29, 0.717) is 6.61 Å². The topological polar surface area (TPSA) is 35.2 Å². The second-order valence-electron chi connectivity index (χ2n) is 3.66. The van der Waals surface area contributed by atoms with E-state index in [0.717, 1.165) is 10.2 Å². The third-order valence-corrected chi connectivity index (χ3v) is 3.17. The number of nitrogens with two attached hydrogens (primary N) is 1. The molecule has 0 aliphatic carbocycles. The summed E-state index contributed by atoms with van der Waals surface area (Å²) in [5.41, 5.74) is 7.98. The molecule has 0 fully saturated rings. The molecular weight excluding hydrogens is 242 g/mol. The molecule has 2 nitrogen and oxygen atoms in total. The van der Waals surface area contributed by atoms with Gasteiger partial charge in [0, 0.05) is 10.5 Å². The SMILES string of the molecule is Cc1cc(OCC(C)N)cc(C)c1Br. The summed E-state index contributed by atoms with van der Waals surface area (Å²) >= 11 is 3.51. The monoisotopic (exact) mass is 257 g/mol. The van der Waals surface area contributed by atoms with E-state index in [1.165, 1.54) is 11.1 Å². The summed E-state index contributed by atoms with van der Waals surface area (Å²) in [6.07, 6.45) is 0. The Morgan fingerprint density at radius 3 is 2.29 bits per heavy atom. The van der Waals surface area contributed by atoms with Crippen LogP contribution in [0.5, 0.6) is 5.75 Å². The van der Waals surface area contributed by atoms with Crippen molar-refractivity contribution in [1.29, 1.82) is 0 Å². The normalized spacial score (nSPS) is 12.6. The summed E-state index contributed by atoms with van der Waals surface area (Å²) in [4.78, 5) is 0. The number of ether oxygens (including phenoxy) is 1. The number of aryl methyl sites for hydroxylation is 2. The van der Waals surface area contributed by atoms with E-state index < -0.39 is 0 Å². The van der Waals surface area contributed by atoms with Gasteiger partial charge in [0.15, 0.2) is 0 Å². The van der Waals surface area contributed by atoms with Crippen molar-refractivity contribution in [2.75, 3.05) is 6.61 Å². The van der Waals surface area contributed by atoms with Crippen LogP contribution in [0.15, 0.2) is 16.6 Å². The van der Waals surface area contributed by atoms with Gasteiger partial charge in [0.1, 0.15) is 12.4 Å². The fourth-order valence-corrected chi connectivity index (χ4v) is 1.45. The third kappa shape index (κ3) is 3.00. The van der Waals surface area contributed by atoms with Gasteiger partial charge in [0.2, 0.25) is 0 Å². The maximum atomic E-state index is 5.61. The minimum atomic E-state index is 0.0688. The maximum absolute atomic E-state index is 5.61. The molecule has 1 aromatic rings. The summed E-state index contributed by atoms with van der Waals surface area (Å²) in [7, 11) is 0. The first kappa shape index (κ1) is 11.5. The molecule has 1 unspecified atom stereocenters. The zero-order valence-corrected chi connectivity index (χ0v) is 10.4. The van der Waals surface area contributed by atoms with Gasteiger partial charge in [-0.25, -0.2) is 0 Å².